The highest BCUT2D eigenvalue weighted by Crippen LogP contribution is 2.36. The maximum absolute atomic E-state index is 12.4. The number of aryl methyl sites for hydroxylation is 1. The van der Waals surface area contributed by atoms with E-state index in [1.54, 1.807) is 11.3 Å². The lowest BCUT2D eigenvalue weighted by molar-refractivity contribution is -0.113. The average Bonchev–Trinajstić information content (AvgIpc) is 3.54. The Labute approximate surface area is 210 Å². The number of benzene rings is 2. The van der Waals surface area contributed by atoms with Crippen molar-refractivity contribution in [3.63, 3.8) is 0 Å². The molecule has 0 aliphatic heterocycles. The van der Waals surface area contributed by atoms with Crippen molar-refractivity contribution in [3.8, 4) is 22.1 Å². The molecule has 0 atom stereocenters. The highest BCUT2D eigenvalue weighted by molar-refractivity contribution is 7.99. The van der Waals surface area contributed by atoms with Crippen molar-refractivity contribution in [2.24, 2.45) is 7.05 Å². The summed E-state index contributed by atoms with van der Waals surface area (Å²) in [6.45, 7) is 4.55. The number of amides is 1. The van der Waals surface area contributed by atoms with Gasteiger partial charge >= 0.3 is 0 Å². The molecular weight excluding hydrogens is 480 g/mol. The van der Waals surface area contributed by atoms with Crippen LogP contribution in [0.5, 0.6) is 5.75 Å². The molecule has 8 nitrogen and oxygen atoms in total. The maximum atomic E-state index is 12.4. The van der Waals surface area contributed by atoms with Gasteiger partial charge < -0.3 is 14.6 Å². The Bertz CT molecular complexity index is 1470. The highest BCUT2D eigenvalue weighted by atomic mass is 32.2. The minimum absolute atomic E-state index is 0.107. The number of hydrogen-bond donors (Lipinski definition) is 1. The molecule has 35 heavy (non-hydrogen) atoms. The summed E-state index contributed by atoms with van der Waals surface area (Å²) >= 11 is 2.98. The molecule has 0 saturated carbocycles. The molecular formula is C25H24N6O2S2. The van der Waals surface area contributed by atoms with Gasteiger partial charge in [-0.05, 0) is 56.3 Å². The van der Waals surface area contributed by atoms with Crippen LogP contribution in [-0.4, -0.2) is 42.8 Å². The summed E-state index contributed by atoms with van der Waals surface area (Å²) in [6, 6.07) is 19.5. The number of para-hydroxylation sites is 1. The van der Waals surface area contributed by atoms with Gasteiger partial charge in [0.1, 0.15) is 10.6 Å². The molecule has 178 valence electrons. The van der Waals surface area contributed by atoms with E-state index in [0.717, 1.165) is 43.7 Å². The first kappa shape index (κ1) is 23.1. The smallest absolute Gasteiger partial charge is 0.234 e. The zero-order valence-corrected chi connectivity index (χ0v) is 21.2. The van der Waals surface area contributed by atoms with Gasteiger partial charge in [0.25, 0.3) is 0 Å². The van der Waals surface area contributed by atoms with Crippen LogP contribution in [0.15, 0.2) is 65.8 Å². The number of fused-ring (bicyclic) bond motifs is 1. The van der Waals surface area contributed by atoms with Crippen molar-refractivity contribution in [3.05, 3.63) is 66.4 Å². The number of rotatable bonds is 8. The van der Waals surface area contributed by atoms with Crippen LogP contribution in [0, 0.1) is 6.92 Å². The summed E-state index contributed by atoms with van der Waals surface area (Å²) in [5.41, 5.74) is 2.71. The quantitative estimate of drug-likeness (QED) is 0.288. The molecule has 3 heterocycles. The van der Waals surface area contributed by atoms with Crippen molar-refractivity contribution in [2.75, 3.05) is 17.7 Å². The third-order valence-corrected chi connectivity index (χ3v) is 7.51. The number of aromatic nitrogens is 5. The molecule has 0 aliphatic rings. The van der Waals surface area contributed by atoms with Crippen LogP contribution >= 0.6 is 23.1 Å². The van der Waals surface area contributed by atoms with Gasteiger partial charge in [0, 0.05) is 18.1 Å². The van der Waals surface area contributed by atoms with E-state index < -0.39 is 0 Å². The molecule has 1 amide bonds. The second-order valence-corrected chi connectivity index (χ2v) is 9.79. The molecule has 0 fully saturated rings. The Morgan fingerprint density at radius 2 is 1.89 bits per heavy atom. The highest BCUT2D eigenvalue weighted by Gasteiger charge is 2.19. The first-order valence-corrected chi connectivity index (χ1v) is 12.9. The van der Waals surface area contributed by atoms with E-state index in [1.165, 1.54) is 11.8 Å². The standard InChI is InChI=1S/C25H24N6O2S2/c1-4-33-19-12-10-17(11-13-19)26-22(32)15-34-25-28-27-23(30(25)3)21-14-20-16(2)29-31(24(20)35-21)18-8-6-5-7-9-18/h5-14H,4,15H2,1-3H3,(H,26,32). The van der Waals surface area contributed by atoms with Gasteiger partial charge in [-0.2, -0.15) is 5.10 Å². The molecule has 1 N–H and O–H groups in total. The fraction of sp³-hybridized carbons (Fsp3) is 0.200. The summed E-state index contributed by atoms with van der Waals surface area (Å²) in [5, 5.41) is 18.1. The van der Waals surface area contributed by atoms with Crippen LogP contribution < -0.4 is 10.1 Å². The Hall–Kier alpha value is -3.63. The summed E-state index contributed by atoms with van der Waals surface area (Å²) in [4.78, 5) is 14.5. The van der Waals surface area contributed by atoms with E-state index in [9.17, 15) is 4.79 Å². The molecule has 5 aromatic rings. The fourth-order valence-electron chi connectivity index (χ4n) is 3.69. The van der Waals surface area contributed by atoms with E-state index in [1.807, 2.05) is 84.7 Å². The molecule has 0 radical (unpaired) electrons. The van der Waals surface area contributed by atoms with Crippen LogP contribution in [0.4, 0.5) is 5.69 Å². The lowest BCUT2D eigenvalue weighted by atomic mass is 10.3. The molecule has 10 heteroatoms. The minimum Gasteiger partial charge on any atom is -0.494 e. The van der Waals surface area contributed by atoms with E-state index in [-0.39, 0.29) is 11.7 Å². The lowest BCUT2D eigenvalue weighted by Crippen LogP contribution is -2.14. The molecule has 3 aromatic heterocycles. The number of nitrogens with one attached hydrogen (secondary N) is 1. The van der Waals surface area contributed by atoms with E-state index in [2.05, 4.69) is 21.6 Å². The Morgan fingerprint density at radius 1 is 1.11 bits per heavy atom. The van der Waals surface area contributed by atoms with Crippen LogP contribution in [-0.2, 0) is 11.8 Å². The largest absolute Gasteiger partial charge is 0.494 e. The van der Waals surface area contributed by atoms with Crippen molar-refractivity contribution in [1.29, 1.82) is 0 Å². The third-order valence-electron chi connectivity index (χ3n) is 5.38. The average molecular weight is 505 g/mol. The summed E-state index contributed by atoms with van der Waals surface area (Å²) in [6.07, 6.45) is 0. The Morgan fingerprint density at radius 3 is 2.63 bits per heavy atom. The number of hydrogen-bond acceptors (Lipinski definition) is 7. The number of ether oxygens (including phenoxy) is 1. The van der Waals surface area contributed by atoms with Crippen LogP contribution in [0.3, 0.4) is 0 Å². The zero-order valence-electron chi connectivity index (χ0n) is 19.6. The third kappa shape index (κ3) is 4.80. The SMILES string of the molecule is CCOc1ccc(NC(=O)CSc2nnc(-c3cc4c(C)nn(-c5ccccc5)c4s3)n2C)cc1. The van der Waals surface area contributed by atoms with Crippen molar-refractivity contribution < 1.29 is 9.53 Å². The predicted octanol–water partition coefficient (Wildman–Crippen LogP) is 5.32. The number of thioether (sulfide) groups is 1. The minimum atomic E-state index is -0.107. The number of nitrogens with zero attached hydrogens (tertiary/aromatic N) is 5. The number of carbonyl (C=O) groups excluding carboxylic acids is 1. The molecule has 5 rings (SSSR count). The summed E-state index contributed by atoms with van der Waals surface area (Å²) in [7, 11) is 1.92. The number of anilines is 1. The number of carbonyl (C=O) groups is 1. The molecule has 0 unspecified atom stereocenters. The summed E-state index contributed by atoms with van der Waals surface area (Å²) < 4.78 is 9.33. The van der Waals surface area contributed by atoms with Crippen molar-refractivity contribution in [2.45, 2.75) is 19.0 Å². The zero-order chi connectivity index (χ0) is 24.4. The van der Waals surface area contributed by atoms with Crippen LogP contribution in [0.1, 0.15) is 12.6 Å². The molecule has 2 aromatic carbocycles. The second kappa shape index (κ2) is 9.93. The van der Waals surface area contributed by atoms with Gasteiger partial charge in [-0.15, -0.1) is 21.5 Å². The Kier molecular flexibility index (Phi) is 6.56. The van der Waals surface area contributed by atoms with E-state index in [4.69, 9.17) is 9.84 Å². The fourth-order valence-corrected chi connectivity index (χ4v) is 5.60. The van der Waals surface area contributed by atoms with Gasteiger partial charge in [-0.3, -0.25) is 4.79 Å². The van der Waals surface area contributed by atoms with Gasteiger partial charge in [0.2, 0.25) is 5.91 Å². The second-order valence-electron chi connectivity index (χ2n) is 7.82. The lowest BCUT2D eigenvalue weighted by Gasteiger charge is -2.07. The molecule has 0 aliphatic carbocycles. The Balaban J connectivity index is 1.29. The molecule has 0 bridgehead atoms. The van der Waals surface area contributed by atoms with Gasteiger partial charge in [-0.25, -0.2) is 4.68 Å². The monoisotopic (exact) mass is 504 g/mol. The van der Waals surface area contributed by atoms with E-state index >= 15 is 0 Å². The maximum Gasteiger partial charge on any atom is 0.234 e. The van der Waals surface area contributed by atoms with E-state index in [0.29, 0.717) is 11.8 Å². The summed E-state index contributed by atoms with van der Waals surface area (Å²) in [5.74, 6) is 1.66. The first-order chi connectivity index (χ1) is 17.0. The van der Waals surface area contributed by atoms with Crippen LogP contribution in [0.25, 0.3) is 26.6 Å². The van der Waals surface area contributed by atoms with Gasteiger partial charge in [0.15, 0.2) is 11.0 Å². The van der Waals surface area contributed by atoms with Gasteiger partial charge in [0.05, 0.1) is 28.6 Å². The molecule has 0 spiro atoms. The first-order valence-electron chi connectivity index (χ1n) is 11.1. The van der Waals surface area contributed by atoms with Gasteiger partial charge in [-0.1, -0.05) is 30.0 Å². The van der Waals surface area contributed by atoms with Crippen molar-refractivity contribution >= 4 is 44.9 Å². The number of thiophene rings is 1. The van der Waals surface area contributed by atoms with Crippen molar-refractivity contribution in [1.82, 2.24) is 24.5 Å². The molecule has 0 saturated heterocycles. The normalized spacial score (nSPS) is 11.2. The predicted molar refractivity (Wildman–Crippen MR) is 141 cm³/mol. The van der Waals surface area contributed by atoms with Crippen LogP contribution in [0.2, 0.25) is 0 Å². The topological polar surface area (TPSA) is 86.9 Å².